The fraction of sp³-hybridized carbons (Fsp3) is 0. The normalized spacial score (nSPS) is 8.77. The number of hydrogen-bond donors (Lipinski definition) is 0. The van der Waals surface area contributed by atoms with Gasteiger partial charge in [0.05, 0.1) is 0 Å². The molecule has 0 fully saturated rings. The van der Waals surface area contributed by atoms with Crippen LogP contribution >= 0.6 is 23.2 Å². The summed E-state index contributed by atoms with van der Waals surface area (Å²) in [6.45, 7) is 0. The predicted octanol–water partition coefficient (Wildman–Crippen LogP) is 1.80. The molecule has 64 valence electrons. The van der Waals surface area contributed by atoms with Crippen molar-refractivity contribution in [1.82, 2.24) is 0 Å². The minimum atomic E-state index is -0.681. The van der Waals surface area contributed by atoms with Gasteiger partial charge in [-0.1, -0.05) is 12.1 Å². The van der Waals surface area contributed by atoms with Gasteiger partial charge >= 0.3 is 51.4 Å². The van der Waals surface area contributed by atoms with Gasteiger partial charge in [0.2, 0.25) is 0 Å². The Kier molecular flexibility index (Phi) is 6.67. The number of benzene rings is 1. The van der Waals surface area contributed by atoms with Crippen molar-refractivity contribution < 1.29 is 9.59 Å². The van der Waals surface area contributed by atoms with E-state index < -0.39 is 10.5 Å². The first-order valence-corrected chi connectivity index (χ1v) is 3.87. The van der Waals surface area contributed by atoms with E-state index in [9.17, 15) is 9.59 Å². The van der Waals surface area contributed by atoms with E-state index in [4.69, 9.17) is 23.2 Å². The Bertz CT molecular complexity index is 306. The van der Waals surface area contributed by atoms with Crippen LogP contribution in [0, 0.1) is 0 Å². The summed E-state index contributed by atoms with van der Waals surface area (Å²) in [7, 11) is 0. The van der Waals surface area contributed by atoms with E-state index in [1.165, 1.54) is 12.1 Å². The molecule has 0 aliphatic rings. The van der Waals surface area contributed by atoms with Crippen molar-refractivity contribution in [3.05, 3.63) is 35.4 Å². The minimum absolute atomic E-state index is 0. The SMILES string of the molecule is O=C(Cl)c1ccccc1C(=O)Cl.[KH]. The molecule has 0 aliphatic heterocycles. The molecule has 0 spiro atoms. The molecule has 0 unspecified atom stereocenters. The third-order valence-electron chi connectivity index (χ3n) is 1.35. The van der Waals surface area contributed by atoms with Crippen molar-refractivity contribution >= 4 is 85.1 Å². The summed E-state index contributed by atoms with van der Waals surface area (Å²) in [6.07, 6.45) is 0. The zero-order valence-electron chi connectivity index (χ0n) is 5.88. The zero-order chi connectivity index (χ0) is 9.14. The van der Waals surface area contributed by atoms with Crippen LogP contribution in [0.15, 0.2) is 24.3 Å². The number of carbonyl (C=O) groups is 2. The molecule has 0 radical (unpaired) electrons. The Morgan fingerprint density at radius 2 is 1.23 bits per heavy atom. The Morgan fingerprint density at radius 1 is 0.923 bits per heavy atom. The summed E-state index contributed by atoms with van der Waals surface area (Å²) in [6, 6.07) is 6.12. The number of hydrogen-bond acceptors (Lipinski definition) is 2. The zero-order valence-corrected chi connectivity index (χ0v) is 7.39. The van der Waals surface area contributed by atoms with Gasteiger partial charge in [-0.2, -0.15) is 0 Å². The van der Waals surface area contributed by atoms with E-state index in [2.05, 4.69) is 0 Å². The van der Waals surface area contributed by atoms with Gasteiger partial charge < -0.3 is 0 Å². The summed E-state index contributed by atoms with van der Waals surface area (Å²) in [5, 5.41) is -1.36. The average molecular weight is 243 g/mol. The molecule has 0 saturated carbocycles. The molecule has 5 heteroatoms. The van der Waals surface area contributed by atoms with Crippen molar-refractivity contribution in [2.24, 2.45) is 0 Å². The first kappa shape index (κ1) is 13.8. The van der Waals surface area contributed by atoms with Gasteiger partial charge in [-0.05, 0) is 35.3 Å². The quantitative estimate of drug-likeness (QED) is 0.586. The fourth-order valence-electron chi connectivity index (χ4n) is 0.826. The molecule has 0 N–H and O–H groups in total. The first-order valence-electron chi connectivity index (χ1n) is 3.11. The van der Waals surface area contributed by atoms with Crippen molar-refractivity contribution in [3.63, 3.8) is 0 Å². The van der Waals surface area contributed by atoms with Gasteiger partial charge in [0.25, 0.3) is 10.5 Å². The topological polar surface area (TPSA) is 34.1 Å². The summed E-state index contributed by atoms with van der Waals surface area (Å²) in [5.74, 6) is 0. The Hall–Kier alpha value is 0.776. The van der Waals surface area contributed by atoms with E-state index in [1.807, 2.05) is 0 Å². The predicted molar refractivity (Wildman–Crippen MR) is 54.0 cm³/mol. The molecule has 0 bridgehead atoms. The van der Waals surface area contributed by atoms with Gasteiger partial charge in [0, 0.05) is 11.1 Å². The Balaban J connectivity index is 0.00000144. The second-order valence-electron chi connectivity index (χ2n) is 2.09. The van der Waals surface area contributed by atoms with Gasteiger partial charge in [-0.15, -0.1) is 0 Å². The third kappa shape index (κ3) is 3.79. The third-order valence-corrected chi connectivity index (χ3v) is 1.76. The number of rotatable bonds is 2. The molecule has 0 amide bonds. The first-order chi connectivity index (χ1) is 5.63. The van der Waals surface area contributed by atoms with Gasteiger partial charge in [-0.3, -0.25) is 9.59 Å². The van der Waals surface area contributed by atoms with Crippen molar-refractivity contribution in [2.45, 2.75) is 0 Å². The molecule has 0 aliphatic carbocycles. The van der Waals surface area contributed by atoms with Crippen LogP contribution < -0.4 is 0 Å². The van der Waals surface area contributed by atoms with Crippen LogP contribution in [0.2, 0.25) is 0 Å². The molecule has 1 aromatic rings. The molecule has 13 heavy (non-hydrogen) atoms. The summed E-state index contributed by atoms with van der Waals surface area (Å²) in [5.41, 5.74) is 0.276. The van der Waals surface area contributed by atoms with Crippen LogP contribution in [-0.4, -0.2) is 61.9 Å². The van der Waals surface area contributed by atoms with Gasteiger partial charge in [0.15, 0.2) is 0 Å². The summed E-state index contributed by atoms with van der Waals surface area (Å²) < 4.78 is 0. The second kappa shape index (κ2) is 6.30. The number of halogens is 2. The van der Waals surface area contributed by atoms with E-state index in [-0.39, 0.29) is 62.5 Å². The fourth-order valence-corrected chi connectivity index (χ4v) is 1.16. The van der Waals surface area contributed by atoms with Crippen LogP contribution in [0.5, 0.6) is 0 Å². The molecule has 0 atom stereocenters. The average Bonchev–Trinajstić information content (AvgIpc) is 2.04. The van der Waals surface area contributed by atoms with Gasteiger partial charge in [0.1, 0.15) is 0 Å². The van der Waals surface area contributed by atoms with E-state index in [0.717, 1.165) is 0 Å². The van der Waals surface area contributed by atoms with Crippen LogP contribution in [0.1, 0.15) is 20.7 Å². The second-order valence-corrected chi connectivity index (χ2v) is 2.78. The molecule has 0 aromatic heterocycles. The number of carbonyl (C=O) groups excluding carboxylic acids is 2. The maximum absolute atomic E-state index is 10.7. The molecule has 1 aromatic carbocycles. The van der Waals surface area contributed by atoms with Crippen LogP contribution in [0.3, 0.4) is 0 Å². The van der Waals surface area contributed by atoms with Crippen LogP contribution in [0.25, 0.3) is 0 Å². The van der Waals surface area contributed by atoms with Crippen LogP contribution in [0.4, 0.5) is 0 Å². The summed E-state index contributed by atoms with van der Waals surface area (Å²) in [4.78, 5) is 21.5. The standard InChI is InChI=1S/C8H4Cl2O2.K.H/c9-7(11)5-3-1-2-4-6(5)8(10)12;;/h1-4H;;. The van der Waals surface area contributed by atoms with E-state index >= 15 is 0 Å². The molecule has 0 heterocycles. The Labute approximate surface area is 128 Å². The Morgan fingerprint density at radius 3 is 1.46 bits per heavy atom. The van der Waals surface area contributed by atoms with Crippen LogP contribution in [-0.2, 0) is 0 Å². The molecular weight excluding hydrogens is 238 g/mol. The van der Waals surface area contributed by atoms with E-state index in [1.54, 1.807) is 12.1 Å². The molecular formula is C8H5Cl2KO2. The van der Waals surface area contributed by atoms with Crippen molar-refractivity contribution in [1.29, 1.82) is 0 Å². The molecule has 2 nitrogen and oxygen atoms in total. The van der Waals surface area contributed by atoms with Crippen molar-refractivity contribution in [3.8, 4) is 0 Å². The summed E-state index contributed by atoms with van der Waals surface area (Å²) >= 11 is 10.4. The molecule has 0 saturated heterocycles. The van der Waals surface area contributed by atoms with Gasteiger partial charge in [-0.25, -0.2) is 0 Å². The van der Waals surface area contributed by atoms with E-state index in [0.29, 0.717) is 0 Å². The maximum atomic E-state index is 10.7. The monoisotopic (exact) mass is 242 g/mol. The molecule has 1 rings (SSSR count). The van der Waals surface area contributed by atoms with Crippen molar-refractivity contribution in [2.75, 3.05) is 0 Å².